The third kappa shape index (κ3) is 3.59. The first-order valence-corrected chi connectivity index (χ1v) is 10.4. The number of aromatic hydroxyl groups is 1. The molecular formula is C21H22F3N3OS. The molecule has 1 aromatic carbocycles. The number of hydrogen-bond acceptors (Lipinski definition) is 5. The van der Waals surface area contributed by atoms with Crippen LogP contribution in [0.25, 0.3) is 21.5 Å². The van der Waals surface area contributed by atoms with Gasteiger partial charge in [0, 0.05) is 12.1 Å². The summed E-state index contributed by atoms with van der Waals surface area (Å²) in [5, 5.41) is 21.3. The van der Waals surface area contributed by atoms with Gasteiger partial charge in [-0.3, -0.25) is 0 Å². The van der Waals surface area contributed by atoms with Gasteiger partial charge in [-0.2, -0.15) is 13.2 Å². The number of likely N-dealkylation sites (tertiary alicyclic amines) is 1. The predicted molar refractivity (Wildman–Crippen MR) is 108 cm³/mol. The molecule has 4 rings (SSSR count). The average molecular weight is 421 g/mol. The van der Waals surface area contributed by atoms with Crippen LogP contribution in [0.15, 0.2) is 17.5 Å². The van der Waals surface area contributed by atoms with Gasteiger partial charge in [0.15, 0.2) is 0 Å². The molecule has 3 heterocycles. The van der Waals surface area contributed by atoms with E-state index in [1.807, 2.05) is 6.92 Å². The molecule has 1 atom stereocenters. The Hall–Kier alpha value is -2.19. The number of aromatic nitrogens is 2. The third-order valence-electron chi connectivity index (χ3n) is 5.68. The smallest absolute Gasteiger partial charge is 0.416 e. The highest BCUT2D eigenvalue weighted by Crippen LogP contribution is 2.42. The van der Waals surface area contributed by atoms with E-state index in [9.17, 15) is 18.3 Å². The highest BCUT2D eigenvalue weighted by Gasteiger charge is 2.32. The van der Waals surface area contributed by atoms with Gasteiger partial charge in [0.25, 0.3) is 0 Å². The van der Waals surface area contributed by atoms with Crippen LogP contribution in [0.1, 0.15) is 41.0 Å². The number of aryl methyl sites for hydroxylation is 2. The zero-order chi connectivity index (χ0) is 20.9. The second kappa shape index (κ2) is 7.25. The van der Waals surface area contributed by atoms with Crippen molar-refractivity contribution in [3.05, 3.63) is 39.8 Å². The molecule has 1 N–H and O–H groups in total. The van der Waals surface area contributed by atoms with Crippen molar-refractivity contribution in [2.24, 2.45) is 0 Å². The zero-order valence-electron chi connectivity index (χ0n) is 16.5. The Kier molecular flexibility index (Phi) is 5.02. The molecule has 1 saturated heterocycles. The first kappa shape index (κ1) is 20.1. The van der Waals surface area contributed by atoms with Gasteiger partial charge in [-0.25, -0.2) is 0 Å². The fourth-order valence-electron chi connectivity index (χ4n) is 4.20. The standard InChI is InChI=1S/C21H22F3N3OS/c1-11-7-14(21(22,23)24)8-16(28)17(11)18-12(2)20-19(26-25-18)15(10-29-20)13-5-4-6-27(3)9-13/h7-8,10,13,28H,4-6,9H2,1-3H3. The minimum Gasteiger partial charge on any atom is -0.507 e. The highest BCUT2D eigenvalue weighted by molar-refractivity contribution is 7.17. The number of likely N-dealkylation sites (N-methyl/N-ethyl adjacent to an activating group) is 1. The maximum absolute atomic E-state index is 13.0. The molecule has 4 nitrogen and oxygen atoms in total. The number of phenolic OH excluding ortho intramolecular Hbond substituents is 1. The highest BCUT2D eigenvalue weighted by atomic mass is 32.1. The molecule has 29 heavy (non-hydrogen) atoms. The minimum atomic E-state index is -4.51. The first-order chi connectivity index (χ1) is 13.7. The van der Waals surface area contributed by atoms with E-state index < -0.39 is 17.5 Å². The minimum absolute atomic E-state index is 0.303. The molecule has 1 aliphatic rings. The van der Waals surface area contributed by atoms with Gasteiger partial charge >= 0.3 is 6.18 Å². The Balaban J connectivity index is 1.80. The van der Waals surface area contributed by atoms with Gasteiger partial charge in [0.2, 0.25) is 0 Å². The SMILES string of the molecule is Cc1cc(C(F)(F)F)cc(O)c1-c1nnc2c(C3CCCN(C)C3)csc2c1C. The number of halogens is 3. The number of fused-ring (bicyclic) bond motifs is 1. The van der Waals surface area contributed by atoms with E-state index >= 15 is 0 Å². The summed E-state index contributed by atoms with van der Waals surface area (Å²) in [6.07, 6.45) is -2.26. The van der Waals surface area contributed by atoms with Gasteiger partial charge in [0.05, 0.1) is 10.3 Å². The summed E-state index contributed by atoms with van der Waals surface area (Å²) in [4.78, 5) is 2.32. The van der Waals surface area contributed by atoms with E-state index in [2.05, 4.69) is 27.5 Å². The Morgan fingerprint density at radius 3 is 2.62 bits per heavy atom. The summed E-state index contributed by atoms with van der Waals surface area (Å²) in [6, 6.07) is 1.80. The maximum Gasteiger partial charge on any atom is 0.416 e. The number of phenols is 1. The molecule has 2 aromatic heterocycles. The van der Waals surface area contributed by atoms with Crippen molar-refractivity contribution in [1.82, 2.24) is 15.1 Å². The Morgan fingerprint density at radius 2 is 1.97 bits per heavy atom. The lowest BCUT2D eigenvalue weighted by Crippen LogP contribution is -2.30. The van der Waals surface area contributed by atoms with Crippen LogP contribution in [0.2, 0.25) is 0 Å². The van der Waals surface area contributed by atoms with Crippen molar-refractivity contribution < 1.29 is 18.3 Å². The summed E-state index contributed by atoms with van der Waals surface area (Å²) in [6.45, 7) is 5.51. The summed E-state index contributed by atoms with van der Waals surface area (Å²) < 4.78 is 40.1. The number of nitrogens with zero attached hydrogens (tertiary/aromatic N) is 3. The van der Waals surface area contributed by atoms with E-state index in [0.29, 0.717) is 22.7 Å². The van der Waals surface area contributed by atoms with Crippen molar-refractivity contribution in [3.8, 4) is 17.0 Å². The first-order valence-electron chi connectivity index (χ1n) is 9.51. The fraction of sp³-hybridized carbons (Fsp3) is 0.429. The van der Waals surface area contributed by atoms with E-state index in [4.69, 9.17) is 0 Å². The largest absolute Gasteiger partial charge is 0.507 e. The number of thiophene rings is 1. The summed E-state index contributed by atoms with van der Waals surface area (Å²) in [5.74, 6) is -0.0250. The Labute approximate surface area is 171 Å². The van der Waals surface area contributed by atoms with Gasteiger partial charge in [-0.15, -0.1) is 21.5 Å². The third-order valence-corrected chi connectivity index (χ3v) is 6.79. The number of hydrogen-bond donors (Lipinski definition) is 1. The van der Waals surface area contributed by atoms with Crippen LogP contribution in [0.5, 0.6) is 5.75 Å². The van der Waals surface area contributed by atoms with Crippen molar-refractivity contribution in [1.29, 1.82) is 0 Å². The van der Waals surface area contributed by atoms with Crippen molar-refractivity contribution in [3.63, 3.8) is 0 Å². The van der Waals surface area contributed by atoms with Crippen LogP contribution >= 0.6 is 11.3 Å². The molecule has 154 valence electrons. The molecule has 0 radical (unpaired) electrons. The van der Waals surface area contributed by atoms with Gasteiger partial charge in [0.1, 0.15) is 17.0 Å². The molecule has 1 unspecified atom stereocenters. The van der Waals surface area contributed by atoms with Crippen LogP contribution in [0.4, 0.5) is 13.2 Å². The van der Waals surface area contributed by atoms with Crippen molar-refractivity contribution >= 4 is 21.6 Å². The van der Waals surface area contributed by atoms with Gasteiger partial charge in [-0.05, 0) is 80.4 Å². The maximum atomic E-state index is 13.0. The summed E-state index contributed by atoms with van der Waals surface area (Å²) in [5.41, 5.74) is 3.05. The summed E-state index contributed by atoms with van der Waals surface area (Å²) >= 11 is 1.58. The van der Waals surface area contributed by atoms with E-state index in [1.54, 1.807) is 18.3 Å². The second-order valence-corrected chi connectivity index (χ2v) is 8.71. The van der Waals surface area contributed by atoms with Crippen molar-refractivity contribution in [2.45, 2.75) is 38.8 Å². The van der Waals surface area contributed by atoms with Crippen molar-refractivity contribution in [2.75, 3.05) is 20.1 Å². The van der Waals surface area contributed by atoms with E-state index in [1.165, 1.54) is 5.56 Å². The average Bonchev–Trinajstić information content (AvgIpc) is 3.07. The number of piperidine rings is 1. The normalized spacial score (nSPS) is 18.5. The molecule has 8 heteroatoms. The molecule has 3 aromatic rings. The van der Waals surface area contributed by atoms with Crippen LogP contribution in [0.3, 0.4) is 0 Å². The van der Waals surface area contributed by atoms with Crippen LogP contribution in [-0.4, -0.2) is 40.3 Å². The van der Waals surface area contributed by atoms with E-state index in [0.717, 1.165) is 53.8 Å². The molecule has 1 aliphatic heterocycles. The molecule has 1 fully saturated rings. The number of rotatable bonds is 2. The lowest BCUT2D eigenvalue weighted by atomic mass is 9.91. The Bertz CT molecular complexity index is 1050. The Morgan fingerprint density at radius 1 is 1.21 bits per heavy atom. The molecular weight excluding hydrogens is 399 g/mol. The lowest BCUT2D eigenvalue weighted by Gasteiger charge is -2.29. The zero-order valence-corrected chi connectivity index (χ0v) is 17.3. The lowest BCUT2D eigenvalue weighted by molar-refractivity contribution is -0.137. The second-order valence-electron chi connectivity index (χ2n) is 7.83. The summed E-state index contributed by atoms with van der Waals surface area (Å²) in [7, 11) is 2.12. The predicted octanol–water partition coefficient (Wildman–Crippen LogP) is 5.51. The van der Waals surface area contributed by atoms with Crippen LogP contribution in [0, 0.1) is 13.8 Å². The van der Waals surface area contributed by atoms with Gasteiger partial charge < -0.3 is 10.0 Å². The van der Waals surface area contributed by atoms with Crippen LogP contribution in [-0.2, 0) is 6.18 Å². The van der Waals surface area contributed by atoms with Gasteiger partial charge in [-0.1, -0.05) is 0 Å². The molecule has 0 amide bonds. The number of benzene rings is 1. The van der Waals surface area contributed by atoms with Crippen LogP contribution < -0.4 is 0 Å². The quantitative estimate of drug-likeness (QED) is 0.593. The topological polar surface area (TPSA) is 49.3 Å². The molecule has 0 aliphatic carbocycles. The molecule has 0 saturated carbocycles. The monoisotopic (exact) mass is 421 g/mol. The molecule has 0 spiro atoms. The fourth-order valence-corrected chi connectivity index (χ4v) is 5.30. The van der Waals surface area contributed by atoms with E-state index in [-0.39, 0.29) is 0 Å². The molecule has 0 bridgehead atoms. The number of alkyl halides is 3.